The Kier molecular flexibility index (Phi) is 4.54. The lowest BCUT2D eigenvalue weighted by atomic mass is 10.2. The van der Waals surface area contributed by atoms with Gasteiger partial charge in [0.15, 0.2) is 0 Å². The highest BCUT2D eigenvalue weighted by Gasteiger charge is 2.33. The van der Waals surface area contributed by atoms with Gasteiger partial charge in [0, 0.05) is 24.2 Å². The average molecular weight is 364 g/mol. The van der Waals surface area contributed by atoms with Gasteiger partial charge in [-0.3, -0.25) is 9.48 Å². The van der Waals surface area contributed by atoms with Crippen LogP contribution in [0.2, 0.25) is 0 Å². The summed E-state index contributed by atoms with van der Waals surface area (Å²) in [6.07, 6.45) is -2.82. The number of carbonyl (C=O) groups is 1. The summed E-state index contributed by atoms with van der Waals surface area (Å²) in [5.74, 6) is -0.421. The van der Waals surface area contributed by atoms with Crippen molar-refractivity contribution in [2.75, 3.05) is 12.4 Å². The van der Waals surface area contributed by atoms with Gasteiger partial charge in [-0.2, -0.15) is 18.3 Å². The SMILES string of the molecule is CCn1cc2cc(NC(=O)c3cccc(C(F)(F)F)n3)c(OC)cc2n1. The van der Waals surface area contributed by atoms with Gasteiger partial charge in [-0.05, 0) is 25.1 Å². The van der Waals surface area contributed by atoms with Crippen LogP contribution in [-0.4, -0.2) is 27.8 Å². The van der Waals surface area contributed by atoms with E-state index in [2.05, 4.69) is 15.4 Å². The molecule has 2 heterocycles. The third-order valence-corrected chi connectivity index (χ3v) is 3.72. The molecule has 6 nitrogen and oxygen atoms in total. The molecular weight excluding hydrogens is 349 g/mol. The number of aryl methyl sites for hydroxylation is 1. The number of amides is 1. The Labute approximate surface area is 146 Å². The number of methoxy groups -OCH3 is 1. The number of carbonyl (C=O) groups excluding carboxylic acids is 1. The minimum Gasteiger partial charge on any atom is -0.494 e. The summed E-state index contributed by atoms with van der Waals surface area (Å²) in [6, 6.07) is 6.46. The first kappa shape index (κ1) is 17.7. The van der Waals surface area contributed by atoms with Crippen molar-refractivity contribution in [3.8, 4) is 5.75 Å². The van der Waals surface area contributed by atoms with Gasteiger partial charge in [0.05, 0.1) is 18.3 Å². The Morgan fingerprint density at radius 2 is 2.08 bits per heavy atom. The van der Waals surface area contributed by atoms with E-state index in [4.69, 9.17) is 4.74 Å². The predicted octanol–water partition coefficient (Wildman–Crippen LogP) is 3.73. The minimum atomic E-state index is -4.62. The normalized spacial score (nSPS) is 11.6. The molecule has 0 radical (unpaired) electrons. The predicted molar refractivity (Wildman–Crippen MR) is 89.2 cm³/mol. The third kappa shape index (κ3) is 3.46. The van der Waals surface area contributed by atoms with E-state index in [1.54, 1.807) is 23.0 Å². The number of nitrogens with zero attached hydrogens (tertiary/aromatic N) is 3. The third-order valence-electron chi connectivity index (χ3n) is 3.72. The highest BCUT2D eigenvalue weighted by atomic mass is 19.4. The van der Waals surface area contributed by atoms with E-state index in [9.17, 15) is 18.0 Å². The molecule has 0 atom stereocenters. The van der Waals surface area contributed by atoms with Crippen LogP contribution < -0.4 is 10.1 Å². The van der Waals surface area contributed by atoms with Crippen molar-refractivity contribution in [3.05, 3.63) is 47.9 Å². The Balaban J connectivity index is 1.93. The van der Waals surface area contributed by atoms with Crippen molar-refractivity contribution in [3.63, 3.8) is 0 Å². The fourth-order valence-corrected chi connectivity index (χ4v) is 2.44. The molecule has 9 heteroatoms. The summed E-state index contributed by atoms with van der Waals surface area (Å²) >= 11 is 0. The highest BCUT2D eigenvalue weighted by molar-refractivity contribution is 6.05. The molecule has 0 aliphatic heterocycles. The van der Waals surface area contributed by atoms with Gasteiger partial charge in [0.2, 0.25) is 0 Å². The standard InChI is InChI=1S/C17H15F3N4O2/c1-3-24-9-10-7-13(14(26-2)8-12(10)23-24)22-16(25)11-5-4-6-15(21-11)17(18,19)20/h4-9H,3H2,1-2H3,(H,22,25). The van der Waals surface area contributed by atoms with Gasteiger partial charge in [-0.1, -0.05) is 6.07 Å². The molecule has 0 aliphatic rings. The zero-order valence-corrected chi connectivity index (χ0v) is 14.0. The van der Waals surface area contributed by atoms with Crippen LogP contribution in [0.25, 0.3) is 10.9 Å². The molecule has 0 saturated heterocycles. The minimum absolute atomic E-state index is 0.319. The fourth-order valence-electron chi connectivity index (χ4n) is 2.44. The largest absolute Gasteiger partial charge is 0.494 e. The summed E-state index contributed by atoms with van der Waals surface area (Å²) in [5.41, 5.74) is -0.471. The number of alkyl halides is 3. The number of halogens is 3. The van der Waals surface area contributed by atoms with E-state index in [1.165, 1.54) is 13.2 Å². The second kappa shape index (κ2) is 6.66. The van der Waals surface area contributed by atoms with Crippen molar-refractivity contribution < 1.29 is 22.7 Å². The quantitative estimate of drug-likeness (QED) is 0.766. The summed E-state index contributed by atoms with van der Waals surface area (Å²) in [4.78, 5) is 15.7. The molecule has 0 fully saturated rings. The van der Waals surface area contributed by atoms with Crippen molar-refractivity contribution in [1.29, 1.82) is 0 Å². The summed E-state index contributed by atoms with van der Waals surface area (Å²) in [5, 5.41) is 7.65. The van der Waals surface area contributed by atoms with Gasteiger partial charge >= 0.3 is 6.18 Å². The molecule has 0 aliphatic carbocycles. The Morgan fingerprint density at radius 3 is 2.73 bits per heavy atom. The maximum absolute atomic E-state index is 12.8. The lowest BCUT2D eigenvalue weighted by Crippen LogP contribution is -2.17. The molecule has 0 unspecified atom stereocenters. The first-order chi connectivity index (χ1) is 12.3. The summed E-state index contributed by atoms with van der Waals surface area (Å²) in [7, 11) is 1.43. The molecule has 0 spiro atoms. The van der Waals surface area contributed by atoms with E-state index in [0.29, 0.717) is 23.5 Å². The number of anilines is 1. The van der Waals surface area contributed by atoms with Gasteiger partial charge < -0.3 is 10.1 Å². The van der Waals surface area contributed by atoms with Crippen LogP contribution >= 0.6 is 0 Å². The number of aromatic nitrogens is 3. The molecule has 0 saturated carbocycles. The number of hydrogen-bond donors (Lipinski definition) is 1. The smallest absolute Gasteiger partial charge is 0.433 e. The monoisotopic (exact) mass is 364 g/mol. The second-order valence-electron chi connectivity index (χ2n) is 5.46. The summed E-state index contributed by atoms with van der Waals surface area (Å²) < 4.78 is 45.3. The Morgan fingerprint density at radius 1 is 1.31 bits per heavy atom. The number of nitrogens with one attached hydrogen (secondary N) is 1. The van der Waals surface area contributed by atoms with Crippen LogP contribution in [0.15, 0.2) is 36.5 Å². The molecule has 0 bridgehead atoms. The van der Waals surface area contributed by atoms with E-state index in [0.717, 1.165) is 17.5 Å². The lowest BCUT2D eigenvalue weighted by Gasteiger charge is -2.11. The molecule has 1 amide bonds. The van der Waals surface area contributed by atoms with E-state index >= 15 is 0 Å². The van der Waals surface area contributed by atoms with Gasteiger partial charge in [0.1, 0.15) is 17.1 Å². The summed E-state index contributed by atoms with van der Waals surface area (Å²) in [6.45, 7) is 2.61. The Bertz CT molecular complexity index is 966. The number of hydrogen-bond acceptors (Lipinski definition) is 4. The zero-order valence-electron chi connectivity index (χ0n) is 14.0. The molecule has 3 aromatic rings. The number of benzene rings is 1. The topological polar surface area (TPSA) is 69.0 Å². The highest BCUT2D eigenvalue weighted by Crippen LogP contribution is 2.31. The average Bonchev–Trinajstić information content (AvgIpc) is 3.02. The van der Waals surface area contributed by atoms with E-state index < -0.39 is 17.8 Å². The number of pyridine rings is 1. The van der Waals surface area contributed by atoms with Crippen LogP contribution in [-0.2, 0) is 12.7 Å². The van der Waals surface area contributed by atoms with Crippen molar-refractivity contribution in [2.45, 2.75) is 19.6 Å². The first-order valence-corrected chi connectivity index (χ1v) is 7.72. The first-order valence-electron chi connectivity index (χ1n) is 7.72. The zero-order chi connectivity index (χ0) is 18.9. The van der Waals surface area contributed by atoms with Gasteiger partial charge in [-0.15, -0.1) is 0 Å². The maximum atomic E-state index is 12.8. The molecule has 2 aromatic heterocycles. The molecule has 3 rings (SSSR count). The molecule has 136 valence electrons. The molecule has 1 aromatic carbocycles. The number of rotatable bonds is 4. The van der Waals surface area contributed by atoms with Crippen LogP contribution in [0.4, 0.5) is 18.9 Å². The van der Waals surface area contributed by atoms with Crippen molar-refractivity contribution >= 4 is 22.5 Å². The lowest BCUT2D eigenvalue weighted by molar-refractivity contribution is -0.141. The second-order valence-corrected chi connectivity index (χ2v) is 5.46. The van der Waals surface area contributed by atoms with E-state index in [-0.39, 0.29) is 5.69 Å². The number of fused-ring (bicyclic) bond motifs is 1. The molecular formula is C17H15F3N4O2. The number of ether oxygens (including phenoxy) is 1. The molecule has 26 heavy (non-hydrogen) atoms. The van der Waals surface area contributed by atoms with E-state index in [1.807, 2.05) is 6.92 Å². The fraction of sp³-hybridized carbons (Fsp3) is 0.235. The van der Waals surface area contributed by atoms with Crippen LogP contribution in [0.3, 0.4) is 0 Å². The van der Waals surface area contributed by atoms with Crippen molar-refractivity contribution in [2.24, 2.45) is 0 Å². The van der Waals surface area contributed by atoms with Gasteiger partial charge in [0.25, 0.3) is 5.91 Å². The molecule has 1 N–H and O–H groups in total. The van der Waals surface area contributed by atoms with Crippen molar-refractivity contribution in [1.82, 2.24) is 14.8 Å². The van der Waals surface area contributed by atoms with Gasteiger partial charge in [-0.25, -0.2) is 4.98 Å². The van der Waals surface area contributed by atoms with Crippen LogP contribution in [0.1, 0.15) is 23.1 Å². The van der Waals surface area contributed by atoms with Crippen LogP contribution in [0, 0.1) is 0 Å². The van der Waals surface area contributed by atoms with Crippen LogP contribution in [0.5, 0.6) is 5.75 Å². The Hall–Kier alpha value is -3.10. The maximum Gasteiger partial charge on any atom is 0.433 e.